The SMILES string of the molecule is Cn1nccc1CN1Cc2ncnc(Nc3cnc4ccccc4c3)c2C1. The Hall–Kier alpha value is -3.32. The summed E-state index contributed by atoms with van der Waals surface area (Å²) in [6.45, 7) is 2.46. The first-order chi connectivity index (χ1) is 13.3. The van der Waals surface area contributed by atoms with Crippen LogP contribution in [0.2, 0.25) is 0 Å². The molecule has 134 valence electrons. The van der Waals surface area contributed by atoms with E-state index in [1.165, 1.54) is 5.69 Å². The van der Waals surface area contributed by atoms with Gasteiger partial charge in [0.1, 0.15) is 12.1 Å². The second kappa shape index (κ2) is 6.44. The Morgan fingerprint density at radius 3 is 2.89 bits per heavy atom. The first-order valence-electron chi connectivity index (χ1n) is 8.90. The molecule has 0 amide bonds. The first-order valence-corrected chi connectivity index (χ1v) is 8.90. The van der Waals surface area contributed by atoms with E-state index in [1.54, 1.807) is 6.33 Å². The zero-order chi connectivity index (χ0) is 18.2. The molecular weight excluding hydrogens is 338 g/mol. The Labute approximate surface area is 156 Å². The molecule has 0 atom stereocenters. The van der Waals surface area contributed by atoms with Gasteiger partial charge in [-0.3, -0.25) is 14.6 Å². The number of aromatic nitrogens is 5. The Balaban J connectivity index is 1.39. The number of fused-ring (bicyclic) bond motifs is 2. The van der Waals surface area contributed by atoms with E-state index in [-0.39, 0.29) is 0 Å². The number of nitrogens with zero attached hydrogens (tertiary/aromatic N) is 6. The van der Waals surface area contributed by atoms with Crippen molar-refractivity contribution < 1.29 is 0 Å². The molecule has 0 aliphatic carbocycles. The summed E-state index contributed by atoms with van der Waals surface area (Å²) >= 11 is 0. The highest BCUT2D eigenvalue weighted by atomic mass is 15.3. The summed E-state index contributed by atoms with van der Waals surface area (Å²) in [7, 11) is 1.97. The molecule has 0 saturated carbocycles. The number of anilines is 2. The van der Waals surface area contributed by atoms with E-state index >= 15 is 0 Å². The summed E-state index contributed by atoms with van der Waals surface area (Å²) in [6.07, 6.45) is 5.31. The van der Waals surface area contributed by atoms with Crippen LogP contribution in [0.1, 0.15) is 17.0 Å². The lowest BCUT2D eigenvalue weighted by Crippen LogP contribution is -2.18. The quantitative estimate of drug-likeness (QED) is 0.605. The summed E-state index contributed by atoms with van der Waals surface area (Å²) in [5, 5.41) is 8.78. The lowest BCUT2D eigenvalue weighted by molar-refractivity contribution is 0.266. The average Bonchev–Trinajstić information content (AvgIpc) is 3.28. The van der Waals surface area contributed by atoms with Crippen molar-refractivity contribution in [1.29, 1.82) is 0 Å². The highest BCUT2D eigenvalue weighted by molar-refractivity contribution is 5.82. The summed E-state index contributed by atoms with van der Waals surface area (Å²) in [5.41, 5.74) is 5.32. The molecule has 0 fully saturated rings. The molecule has 7 nitrogen and oxygen atoms in total. The van der Waals surface area contributed by atoms with Gasteiger partial charge in [-0.1, -0.05) is 18.2 Å². The molecule has 1 aliphatic rings. The number of hydrogen-bond acceptors (Lipinski definition) is 6. The predicted octanol–water partition coefficient (Wildman–Crippen LogP) is 3.02. The molecule has 1 N–H and O–H groups in total. The number of hydrogen-bond donors (Lipinski definition) is 1. The minimum absolute atomic E-state index is 0.810. The average molecular weight is 357 g/mol. The van der Waals surface area contributed by atoms with Crippen LogP contribution in [0.4, 0.5) is 11.5 Å². The number of aryl methyl sites for hydroxylation is 1. The highest BCUT2D eigenvalue weighted by Gasteiger charge is 2.24. The lowest BCUT2D eigenvalue weighted by Gasteiger charge is -2.14. The van der Waals surface area contributed by atoms with Gasteiger partial charge in [-0.2, -0.15) is 5.10 Å². The van der Waals surface area contributed by atoms with E-state index in [9.17, 15) is 0 Å². The van der Waals surface area contributed by atoms with Crippen molar-refractivity contribution in [2.45, 2.75) is 19.6 Å². The molecule has 4 aromatic rings. The van der Waals surface area contributed by atoms with Crippen molar-refractivity contribution in [3.63, 3.8) is 0 Å². The van der Waals surface area contributed by atoms with E-state index in [2.05, 4.69) is 48.5 Å². The maximum Gasteiger partial charge on any atom is 0.138 e. The zero-order valence-electron chi connectivity index (χ0n) is 15.0. The number of rotatable bonds is 4. The molecule has 0 radical (unpaired) electrons. The maximum absolute atomic E-state index is 4.52. The smallest absolute Gasteiger partial charge is 0.138 e. The summed E-state index contributed by atoms with van der Waals surface area (Å²) < 4.78 is 1.91. The van der Waals surface area contributed by atoms with Gasteiger partial charge in [0.2, 0.25) is 0 Å². The van der Waals surface area contributed by atoms with Gasteiger partial charge < -0.3 is 5.32 Å². The monoisotopic (exact) mass is 357 g/mol. The maximum atomic E-state index is 4.52. The predicted molar refractivity (Wildman–Crippen MR) is 103 cm³/mol. The van der Waals surface area contributed by atoms with E-state index in [4.69, 9.17) is 0 Å². The van der Waals surface area contributed by atoms with Crippen LogP contribution in [0.5, 0.6) is 0 Å². The van der Waals surface area contributed by atoms with E-state index in [1.807, 2.05) is 42.3 Å². The number of benzene rings is 1. The molecular formula is C20H19N7. The van der Waals surface area contributed by atoms with Crippen LogP contribution in [0.15, 0.2) is 55.1 Å². The van der Waals surface area contributed by atoms with Crippen molar-refractivity contribution in [3.8, 4) is 0 Å². The normalized spacial score (nSPS) is 13.8. The zero-order valence-corrected chi connectivity index (χ0v) is 15.0. The van der Waals surface area contributed by atoms with Gasteiger partial charge in [-0.15, -0.1) is 0 Å². The van der Waals surface area contributed by atoms with Crippen LogP contribution in [0, 0.1) is 0 Å². The van der Waals surface area contributed by atoms with Gasteiger partial charge in [0.15, 0.2) is 0 Å². The van der Waals surface area contributed by atoms with Crippen LogP contribution in [-0.2, 0) is 26.7 Å². The third kappa shape index (κ3) is 3.02. The molecule has 5 rings (SSSR count). The Bertz CT molecular complexity index is 1120. The van der Waals surface area contributed by atoms with Crippen molar-refractivity contribution in [2.75, 3.05) is 5.32 Å². The largest absolute Gasteiger partial charge is 0.339 e. The van der Waals surface area contributed by atoms with E-state index in [0.29, 0.717) is 0 Å². The van der Waals surface area contributed by atoms with Crippen LogP contribution in [0.3, 0.4) is 0 Å². The molecule has 27 heavy (non-hydrogen) atoms. The molecule has 1 aliphatic heterocycles. The summed E-state index contributed by atoms with van der Waals surface area (Å²) in [5.74, 6) is 0.851. The lowest BCUT2D eigenvalue weighted by atomic mass is 10.2. The molecule has 0 spiro atoms. The summed E-state index contributed by atoms with van der Waals surface area (Å²) in [6, 6.07) is 12.2. The van der Waals surface area contributed by atoms with Crippen molar-refractivity contribution in [1.82, 2.24) is 29.6 Å². The summed E-state index contributed by atoms with van der Waals surface area (Å²) in [4.78, 5) is 15.8. The fourth-order valence-electron chi connectivity index (χ4n) is 3.52. The van der Waals surface area contributed by atoms with Crippen LogP contribution < -0.4 is 5.32 Å². The van der Waals surface area contributed by atoms with E-state index in [0.717, 1.165) is 53.3 Å². The molecule has 1 aromatic carbocycles. The van der Waals surface area contributed by atoms with E-state index < -0.39 is 0 Å². The molecule has 0 saturated heterocycles. The van der Waals surface area contributed by atoms with Crippen LogP contribution in [-0.4, -0.2) is 29.6 Å². The van der Waals surface area contributed by atoms with Gasteiger partial charge in [0, 0.05) is 43.8 Å². The second-order valence-electron chi connectivity index (χ2n) is 6.78. The second-order valence-corrected chi connectivity index (χ2v) is 6.78. The fraction of sp³-hybridized carbons (Fsp3) is 0.200. The molecule has 4 heterocycles. The fourth-order valence-corrected chi connectivity index (χ4v) is 3.52. The topological polar surface area (TPSA) is 71.8 Å². The third-order valence-corrected chi connectivity index (χ3v) is 4.95. The molecule has 0 bridgehead atoms. The molecule has 3 aromatic heterocycles. The van der Waals surface area contributed by atoms with Gasteiger partial charge in [0.05, 0.1) is 28.8 Å². The third-order valence-electron chi connectivity index (χ3n) is 4.95. The minimum Gasteiger partial charge on any atom is -0.339 e. The van der Waals surface area contributed by atoms with Crippen molar-refractivity contribution >= 4 is 22.4 Å². The van der Waals surface area contributed by atoms with Crippen molar-refractivity contribution in [2.24, 2.45) is 7.05 Å². The van der Waals surface area contributed by atoms with Gasteiger partial charge in [0.25, 0.3) is 0 Å². The van der Waals surface area contributed by atoms with Gasteiger partial charge in [-0.25, -0.2) is 9.97 Å². The Kier molecular flexibility index (Phi) is 3.79. The Morgan fingerprint density at radius 2 is 2.00 bits per heavy atom. The highest BCUT2D eigenvalue weighted by Crippen LogP contribution is 2.29. The van der Waals surface area contributed by atoms with Crippen LogP contribution >= 0.6 is 0 Å². The number of pyridine rings is 1. The van der Waals surface area contributed by atoms with Gasteiger partial charge >= 0.3 is 0 Å². The first kappa shape index (κ1) is 15.9. The standard InChI is InChI=1S/C20H19N7/c1-26-16(6-7-24-26)10-27-11-17-19(12-27)22-13-23-20(17)25-15-8-14-4-2-3-5-18(14)21-9-15/h2-9,13H,10-12H2,1H3,(H,22,23,25). The van der Waals surface area contributed by atoms with Crippen LogP contribution in [0.25, 0.3) is 10.9 Å². The Morgan fingerprint density at radius 1 is 1.07 bits per heavy atom. The minimum atomic E-state index is 0.810. The van der Waals surface area contributed by atoms with Gasteiger partial charge in [-0.05, 0) is 18.2 Å². The number of nitrogens with one attached hydrogen (secondary N) is 1. The molecule has 7 heteroatoms. The molecule has 0 unspecified atom stereocenters. The number of para-hydroxylation sites is 1. The van der Waals surface area contributed by atoms with Crippen molar-refractivity contribution in [3.05, 3.63) is 72.1 Å².